The summed E-state index contributed by atoms with van der Waals surface area (Å²) in [5.74, 6) is -3.29. The summed E-state index contributed by atoms with van der Waals surface area (Å²) in [5.41, 5.74) is -0.744. The van der Waals surface area contributed by atoms with Crippen LogP contribution in [0, 0.1) is 5.92 Å². The third kappa shape index (κ3) is 6.72. The molecule has 0 rings (SSSR count). The number of carbonyl (C=O) groups is 3. The van der Waals surface area contributed by atoms with E-state index in [2.05, 4.69) is 5.32 Å². The molecule has 0 radical (unpaired) electrons. The summed E-state index contributed by atoms with van der Waals surface area (Å²) in [6.07, 6.45) is -1.09. The van der Waals surface area contributed by atoms with E-state index in [9.17, 15) is 14.4 Å². The van der Waals surface area contributed by atoms with E-state index < -0.39 is 35.6 Å². The average Bonchev–Trinajstić information content (AvgIpc) is 2.12. The maximum atomic E-state index is 11.4. The highest BCUT2D eigenvalue weighted by atomic mass is 16.6. The maximum absolute atomic E-state index is 11.4. The van der Waals surface area contributed by atoms with Crippen LogP contribution in [0.4, 0.5) is 4.79 Å². The molecule has 0 aliphatic rings. The van der Waals surface area contributed by atoms with Crippen LogP contribution in [0.15, 0.2) is 0 Å². The molecule has 0 fully saturated rings. The van der Waals surface area contributed by atoms with Gasteiger partial charge < -0.3 is 20.3 Å². The number of carbonyl (C=O) groups excluding carboxylic acids is 1. The highest BCUT2D eigenvalue weighted by Crippen LogP contribution is 2.10. The molecule has 7 heteroatoms. The highest BCUT2D eigenvalue weighted by Gasteiger charge is 2.27. The Morgan fingerprint density at radius 3 is 2.00 bits per heavy atom. The molecule has 0 spiro atoms. The number of carboxylic acid groups (broad SMARTS) is 2. The fourth-order valence-corrected chi connectivity index (χ4v) is 1.13. The maximum Gasteiger partial charge on any atom is 0.408 e. The van der Waals surface area contributed by atoms with Crippen molar-refractivity contribution in [2.45, 2.75) is 45.8 Å². The van der Waals surface area contributed by atoms with Crippen LogP contribution in [-0.4, -0.2) is 39.9 Å². The molecule has 7 nitrogen and oxygen atoms in total. The Morgan fingerprint density at radius 1 is 1.17 bits per heavy atom. The summed E-state index contributed by atoms with van der Waals surface area (Å²) < 4.78 is 4.90. The summed E-state index contributed by atoms with van der Waals surface area (Å²) in [6, 6.07) is -1.29. The van der Waals surface area contributed by atoms with E-state index in [-0.39, 0.29) is 6.42 Å². The van der Waals surface area contributed by atoms with Crippen LogP contribution >= 0.6 is 0 Å². The zero-order chi connectivity index (χ0) is 14.5. The Labute approximate surface area is 105 Å². The minimum Gasteiger partial charge on any atom is -0.481 e. The second-order valence-corrected chi connectivity index (χ2v) is 5.01. The Kier molecular flexibility index (Phi) is 5.61. The van der Waals surface area contributed by atoms with Gasteiger partial charge in [0.05, 0.1) is 5.92 Å². The van der Waals surface area contributed by atoms with Crippen LogP contribution in [-0.2, 0) is 14.3 Å². The fraction of sp³-hybridized carbons (Fsp3) is 0.727. The zero-order valence-electron chi connectivity index (χ0n) is 10.9. The van der Waals surface area contributed by atoms with Crippen molar-refractivity contribution in [3.63, 3.8) is 0 Å². The van der Waals surface area contributed by atoms with Gasteiger partial charge in [-0.05, 0) is 27.2 Å². The number of ether oxygens (including phenoxy) is 1. The highest BCUT2D eigenvalue weighted by molar-refractivity contribution is 5.81. The number of nitrogens with one attached hydrogen (secondary N) is 1. The summed E-state index contributed by atoms with van der Waals surface area (Å²) in [4.78, 5) is 32.9. The molecule has 0 aliphatic heterocycles. The summed E-state index contributed by atoms with van der Waals surface area (Å²) in [7, 11) is 0. The van der Waals surface area contributed by atoms with E-state index >= 15 is 0 Å². The molecular formula is C11H19NO6. The van der Waals surface area contributed by atoms with Gasteiger partial charge >= 0.3 is 18.0 Å². The Bertz CT molecular complexity index is 333. The number of rotatable bonds is 5. The molecule has 2 unspecified atom stereocenters. The molecule has 0 aromatic heterocycles. The SMILES string of the molecule is CC(CC(NC(=O)OC(C)(C)C)C(=O)O)C(=O)O. The van der Waals surface area contributed by atoms with E-state index in [1.165, 1.54) is 6.92 Å². The van der Waals surface area contributed by atoms with Gasteiger partial charge in [-0.15, -0.1) is 0 Å². The third-order valence-electron chi connectivity index (χ3n) is 2.00. The van der Waals surface area contributed by atoms with E-state index in [1.807, 2.05) is 0 Å². The minimum absolute atomic E-state index is 0.204. The zero-order valence-corrected chi connectivity index (χ0v) is 10.9. The van der Waals surface area contributed by atoms with Crippen LogP contribution in [0.5, 0.6) is 0 Å². The van der Waals surface area contributed by atoms with Crippen LogP contribution in [0.1, 0.15) is 34.1 Å². The van der Waals surface area contributed by atoms with Gasteiger partial charge in [-0.3, -0.25) is 4.79 Å². The minimum atomic E-state index is -1.30. The monoisotopic (exact) mass is 261 g/mol. The summed E-state index contributed by atoms with van der Waals surface area (Å²) >= 11 is 0. The van der Waals surface area contributed by atoms with Gasteiger partial charge in [0, 0.05) is 0 Å². The Hall–Kier alpha value is -1.79. The van der Waals surface area contributed by atoms with Crippen molar-refractivity contribution in [2.75, 3.05) is 0 Å². The lowest BCUT2D eigenvalue weighted by atomic mass is 10.0. The molecule has 0 saturated carbocycles. The smallest absolute Gasteiger partial charge is 0.408 e. The molecule has 0 aromatic carbocycles. The first-order chi connectivity index (χ1) is 8.03. The van der Waals surface area contributed by atoms with Crippen molar-refractivity contribution in [1.82, 2.24) is 5.32 Å². The van der Waals surface area contributed by atoms with Crippen LogP contribution < -0.4 is 5.32 Å². The molecule has 104 valence electrons. The van der Waals surface area contributed by atoms with Gasteiger partial charge in [0.2, 0.25) is 0 Å². The van der Waals surface area contributed by atoms with Crippen molar-refractivity contribution in [3.05, 3.63) is 0 Å². The summed E-state index contributed by atoms with van der Waals surface area (Å²) in [5, 5.41) is 19.7. The molecular weight excluding hydrogens is 242 g/mol. The van der Waals surface area contributed by atoms with Crippen LogP contribution in [0.3, 0.4) is 0 Å². The molecule has 3 N–H and O–H groups in total. The van der Waals surface area contributed by atoms with Gasteiger partial charge in [-0.1, -0.05) is 6.92 Å². The molecule has 0 bridgehead atoms. The largest absolute Gasteiger partial charge is 0.481 e. The number of alkyl carbamates (subject to hydrolysis) is 1. The van der Waals surface area contributed by atoms with Crippen LogP contribution in [0.25, 0.3) is 0 Å². The van der Waals surface area contributed by atoms with Gasteiger partial charge in [0.1, 0.15) is 11.6 Å². The Balaban J connectivity index is 4.50. The van der Waals surface area contributed by atoms with Crippen molar-refractivity contribution in [3.8, 4) is 0 Å². The first kappa shape index (κ1) is 16.2. The second-order valence-electron chi connectivity index (χ2n) is 5.01. The summed E-state index contributed by atoms with van der Waals surface area (Å²) in [6.45, 7) is 6.29. The lowest BCUT2D eigenvalue weighted by Gasteiger charge is -2.22. The number of aliphatic carboxylic acids is 2. The molecule has 0 saturated heterocycles. The van der Waals surface area contributed by atoms with Gasteiger partial charge in [0.25, 0.3) is 0 Å². The van der Waals surface area contributed by atoms with Gasteiger partial charge in [-0.25, -0.2) is 9.59 Å². The fourth-order valence-electron chi connectivity index (χ4n) is 1.13. The van der Waals surface area contributed by atoms with Crippen molar-refractivity contribution in [2.24, 2.45) is 5.92 Å². The first-order valence-corrected chi connectivity index (χ1v) is 5.48. The van der Waals surface area contributed by atoms with Gasteiger partial charge in [-0.2, -0.15) is 0 Å². The number of amides is 1. The molecule has 0 aliphatic carbocycles. The number of hydrogen-bond acceptors (Lipinski definition) is 4. The predicted molar refractivity (Wildman–Crippen MR) is 62.2 cm³/mol. The molecule has 2 atom stereocenters. The van der Waals surface area contributed by atoms with Crippen molar-refractivity contribution >= 4 is 18.0 Å². The molecule has 0 aromatic rings. The van der Waals surface area contributed by atoms with E-state index in [0.717, 1.165) is 0 Å². The number of hydrogen-bond donors (Lipinski definition) is 3. The Morgan fingerprint density at radius 2 is 1.67 bits per heavy atom. The molecule has 18 heavy (non-hydrogen) atoms. The number of carboxylic acids is 2. The van der Waals surface area contributed by atoms with Crippen molar-refractivity contribution < 1.29 is 29.3 Å². The van der Waals surface area contributed by atoms with E-state index in [4.69, 9.17) is 14.9 Å². The normalized spacial score (nSPS) is 14.4. The van der Waals surface area contributed by atoms with Crippen LogP contribution in [0.2, 0.25) is 0 Å². The predicted octanol–water partition coefficient (Wildman–Crippen LogP) is 1.08. The lowest BCUT2D eigenvalue weighted by molar-refractivity contribution is -0.143. The topological polar surface area (TPSA) is 113 Å². The van der Waals surface area contributed by atoms with Gasteiger partial charge in [0.15, 0.2) is 0 Å². The van der Waals surface area contributed by atoms with Crippen molar-refractivity contribution in [1.29, 1.82) is 0 Å². The lowest BCUT2D eigenvalue weighted by Crippen LogP contribution is -2.44. The quantitative estimate of drug-likeness (QED) is 0.682. The third-order valence-corrected chi connectivity index (χ3v) is 2.00. The standard InChI is InChI=1S/C11H19NO6/c1-6(8(13)14)5-7(9(15)16)12-10(17)18-11(2,3)4/h6-7H,5H2,1-4H3,(H,12,17)(H,13,14)(H,15,16). The second kappa shape index (κ2) is 6.23. The average molecular weight is 261 g/mol. The first-order valence-electron chi connectivity index (χ1n) is 5.48. The molecule has 0 heterocycles. The van der Waals surface area contributed by atoms with E-state index in [1.54, 1.807) is 20.8 Å². The molecule has 1 amide bonds. The van der Waals surface area contributed by atoms with E-state index in [0.29, 0.717) is 0 Å².